The SMILES string of the molecule is CCNCC1CCN(c2ccc([N+](=O)[O-])cc2)CC1. The molecule has 1 aromatic carbocycles. The van der Waals surface area contributed by atoms with Crippen molar-refractivity contribution in [2.45, 2.75) is 19.8 Å². The molecule has 1 aliphatic heterocycles. The summed E-state index contributed by atoms with van der Waals surface area (Å²) in [4.78, 5) is 12.6. The molecule has 1 fully saturated rings. The van der Waals surface area contributed by atoms with E-state index in [0.29, 0.717) is 0 Å². The van der Waals surface area contributed by atoms with Crippen molar-refractivity contribution in [3.05, 3.63) is 34.4 Å². The van der Waals surface area contributed by atoms with Gasteiger partial charge in [0.05, 0.1) is 4.92 Å². The van der Waals surface area contributed by atoms with Crippen LogP contribution in [0.3, 0.4) is 0 Å². The molecule has 0 radical (unpaired) electrons. The Morgan fingerprint density at radius 3 is 2.47 bits per heavy atom. The lowest BCUT2D eigenvalue weighted by atomic mass is 9.96. The first-order valence-electron chi connectivity index (χ1n) is 6.91. The number of anilines is 1. The summed E-state index contributed by atoms with van der Waals surface area (Å²) in [6, 6.07) is 6.87. The minimum absolute atomic E-state index is 0.158. The van der Waals surface area contributed by atoms with Gasteiger partial charge in [-0.05, 0) is 44.0 Å². The van der Waals surface area contributed by atoms with Crippen molar-refractivity contribution >= 4 is 11.4 Å². The molecule has 0 aliphatic carbocycles. The lowest BCUT2D eigenvalue weighted by Gasteiger charge is -2.33. The van der Waals surface area contributed by atoms with Gasteiger partial charge in [-0.3, -0.25) is 10.1 Å². The smallest absolute Gasteiger partial charge is 0.269 e. The Kier molecular flexibility index (Phi) is 4.74. The second kappa shape index (κ2) is 6.52. The van der Waals surface area contributed by atoms with Crippen molar-refractivity contribution in [2.24, 2.45) is 5.92 Å². The predicted molar refractivity (Wildman–Crippen MR) is 76.6 cm³/mol. The van der Waals surface area contributed by atoms with Gasteiger partial charge in [0.15, 0.2) is 0 Å². The van der Waals surface area contributed by atoms with Gasteiger partial charge in [0.1, 0.15) is 0 Å². The lowest BCUT2D eigenvalue weighted by molar-refractivity contribution is -0.384. The first-order chi connectivity index (χ1) is 9.20. The fourth-order valence-electron chi connectivity index (χ4n) is 2.53. The molecule has 19 heavy (non-hydrogen) atoms. The Bertz CT molecular complexity index is 411. The standard InChI is InChI=1S/C14H21N3O2/c1-2-15-11-12-7-9-16(10-8-12)13-3-5-14(6-4-13)17(18)19/h3-6,12,15H,2,7-11H2,1H3. The van der Waals surface area contributed by atoms with Crippen molar-refractivity contribution in [3.63, 3.8) is 0 Å². The van der Waals surface area contributed by atoms with Crippen LogP contribution >= 0.6 is 0 Å². The second-order valence-corrected chi connectivity index (χ2v) is 5.01. The van der Waals surface area contributed by atoms with Gasteiger partial charge in [0, 0.05) is 30.9 Å². The van der Waals surface area contributed by atoms with Crippen LogP contribution < -0.4 is 10.2 Å². The molecule has 0 unspecified atom stereocenters. The third kappa shape index (κ3) is 3.67. The number of non-ortho nitro benzene ring substituents is 1. The Morgan fingerprint density at radius 2 is 1.95 bits per heavy atom. The molecule has 104 valence electrons. The van der Waals surface area contributed by atoms with E-state index in [-0.39, 0.29) is 10.6 Å². The van der Waals surface area contributed by atoms with E-state index in [9.17, 15) is 10.1 Å². The van der Waals surface area contributed by atoms with Gasteiger partial charge in [-0.1, -0.05) is 6.92 Å². The number of nitrogens with zero attached hydrogens (tertiary/aromatic N) is 2. The maximum absolute atomic E-state index is 10.6. The number of hydrogen-bond acceptors (Lipinski definition) is 4. The van der Waals surface area contributed by atoms with Gasteiger partial charge < -0.3 is 10.2 Å². The summed E-state index contributed by atoms with van der Waals surface area (Å²) in [5.74, 6) is 0.759. The number of hydrogen-bond donors (Lipinski definition) is 1. The fourth-order valence-corrected chi connectivity index (χ4v) is 2.53. The number of piperidine rings is 1. The second-order valence-electron chi connectivity index (χ2n) is 5.01. The van der Waals surface area contributed by atoms with Gasteiger partial charge in [-0.15, -0.1) is 0 Å². The highest BCUT2D eigenvalue weighted by Crippen LogP contribution is 2.24. The van der Waals surface area contributed by atoms with Crippen molar-refractivity contribution < 1.29 is 4.92 Å². The van der Waals surface area contributed by atoms with E-state index in [1.807, 2.05) is 12.1 Å². The molecule has 1 saturated heterocycles. The molecule has 5 heteroatoms. The van der Waals surface area contributed by atoms with Crippen LogP contribution in [0.2, 0.25) is 0 Å². The number of nitrogens with one attached hydrogen (secondary N) is 1. The van der Waals surface area contributed by atoms with Gasteiger partial charge >= 0.3 is 0 Å². The molecule has 1 aliphatic rings. The first kappa shape index (κ1) is 13.8. The molecule has 0 atom stereocenters. The van der Waals surface area contributed by atoms with Crippen LogP contribution in [0.15, 0.2) is 24.3 Å². The number of rotatable bonds is 5. The average Bonchev–Trinajstić information content (AvgIpc) is 2.46. The molecule has 0 amide bonds. The molecule has 0 aromatic heterocycles. The monoisotopic (exact) mass is 263 g/mol. The Labute approximate surface area is 113 Å². The summed E-state index contributed by atoms with van der Waals surface area (Å²) in [7, 11) is 0. The predicted octanol–water partition coefficient (Wildman–Crippen LogP) is 2.42. The summed E-state index contributed by atoms with van der Waals surface area (Å²) < 4.78 is 0. The topological polar surface area (TPSA) is 58.4 Å². The van der Waals surface area contributed by atoms with E-state index in [1.54, 1.807) is 12.1 Å². The highest BCUT2D eigenvalue weighted by Gasteiger charge is 2.19. The number of nitro benzene ring substituents is 1. The van der Waals surface area contributed by atoms with E-state index >= 15 is 0 Å². The fraction of sp³-hybridized carbons (Fsp3) is 0.571. The summed E-state index contributed by atoms with van der Waals surface area (Å²) in [5.41, 5.74) is 1.25. The molecule has 2 rings (SSSR count). The van der Waals surface area contributed by atoms with E-state index in [1.165, 1.54) is 12.8 Å². The Morgan fingerprint density at radius 1 is 1.32 bits per heavy atom. The number of benzene rings is 1. The quantitative estimate of drug-likeness (QED) is 0.654. The zero-order valence-electron chi connectivity index (χ0n) is 11.3. The maximum Gasteiger partial charge on any atom is 0.269 e. The Hall–Kier alpha value is -1.62. The maximum atomic E-state index is 10.6. The molecule has 1 heterocycles. The van der Waals surface area contributed by atoms with Crippen LogP contribution in [0.5, 0.6) is 0 Å². The van der Waals surface area contributed by atoms with Crippen molar-refractivity contribution in [1.82, 2.24) is 5.32 Å². The van der Waals surface area contributed by atoms with E-state index in [0.717, 1.165) is 37.8 Å². The molecule has 1 aromatic rings. The zero-order valence-corrected chi connectivity index (χ0v) is 11.3. The summed E-state index contributed by atoms with van der Waals surface area (Å²) >= 11 is 0. The van der Waals surface area contributed by atoms with Crippen molar-refractivity contribution in [2.75, 3.05) is 31.1 Å². The minimum Gasteiger partial charge on any atom is -0.372 e. The van der Waals surface area contributed by atoms with Crippen LogP contribution in [0.25, 0.3) is 0 Å². The van der Waals surface area contributed by atoms with Crippen LogP contribution in [0.1, 0.15) is 19.8 Å². The molecule has 0 bridgehead atoms. The van der Waals surface area contributed by atoms with Crippen LogP contribution in [0, 0.1) is 16.0 Å². The third-order valence-electron chi connectivity index (χ3n) is 3.72. The molecule has 0 spiro atoms. The molecule has 5 nitrogen and oxygen atoms in total. The van der Waals surface area contributed by atoms with E-state index in [4.69, 9.17) is 0 Å². The van der Waals surface area contributed by atoms with E-state index < -0.39 is 0 Å². The molecule has 1 N–H and O–H groups in total. The van der Waals surface area contributed by atoms with Crippen LogP contribution in [-0.2, 0) is 0 Å². The molecular formula is C14H21N3O2. The van der Waals surface area contributed by atoms with Crippen LogP contribution in [-0.4, -0.2) is 31.1 Å². The van der Waals surface area contributed by atoms with Gasteiger partial charge in [0.25, 0.3) is 5.69 Å². The minimum atomic E-state index is -0.355. The van der Waals surface area contributed by atoms with Crippen molar-refractivity contribution in [3.8, 4) is 0 Å². The molecular weight excluding hydrogens is 242 g/mol. The van der Waals surface area contributed by atoms with E-state index in [2.05, 4.69) is 17.1 Å². The van der Waals surface area contributed by atoms with Crippen LogP contribution in [0.4, 0.5) is 11.4 Å². The lowest BCUT2D eigenvalue weighted by Crippen LogP contribution is -2.37. The van der Waals surface area contributed by atoms with Gasteiger partial charge in [-0.2, -0.15) is 0 Å². The molecule has 0 saturated carbocycles. The van der Waals surface area contributed by atoms with Gasteiger partial charge in [-0.25, -0.2) is 0 Å². The first-order valence-corrected chi connectivity index (χ1v) is 6.91. The summed E-state index contributed by atoms with van der Waals surface area (Å²) in [5, 5.41) is 14.0. The summed E-state index contributed by atoms with van der Waals surface area (Å²) in [6.07, 6.45) is 2.37. The summed E-state index contributed by atoms with van der Waals surface area (Å²) in [6.45, 7) is 6.33. The highest BCUT2D eigenvalue weighted by molar-refractivity contribution is 5.51. The number of nitro groups is 1. The Balaban J connectivity index is 1.88. The zero-order chi connectivity index (χ0) is 13.7. The largest absolute Gasteiger partial charge is 0.372 e. The average molecular weight is 263 g/mol. The van der Waals surface area contributed by atoms with Gasteiger partial charge in [0.2, 0.25) is 0 Å². The third-order valence-corrected chi connectivity index (χ3v) is 3.72. The van der Waals surface area contributed by atoms with Crippen molar-refractivity contribution in [1.29, 1.82) is 0 Å². The highest BCUT2D eigenvalue weighted by atomic mass is 16.6. The normalized spacial score (nSPS) is 16.6.